The molecule has 0 saturated carbocycles. The van der Waals surface area contributed by atoms with Crippen LogP contribution in [0.2, 0.25) is 0 Å². The molecule has 0 spiro atoms. The Morgan fingerprint density at radius 2 is 1.86 bits per heavy atom. The topological polar surface area (TPSA) is 84.5 Å². The summed E-state index contributed by atoms with van der Waals surface area (Å²) in [5, 5.41) is 3.09. The lowest BCUT2D eigenvalue weighted by Gasteiger charge is -2.03. The first-order chi connectivity index (χ1) is 9.92. The Morgan fingerprint density at radius 3 is 2.48 bits per heavy atom. The molecule has 2 heterocycles. The molecule has 0 unspecified atom stereocenters. The van der Waals surface area contributed by atoms with Gasteiger partial charge in [-0.2, -0.15) is 0 Å². The minimum absolute atomic E-state index is 0.114. The van der Waals surface area contributed by atoms with Crippen LogP contribution in [-0.2, 0) is 23.1 Å². The third-order valence-electron chi connectivity index (χ3n) is 2.99. The average molecular weight is 312 g/mol. The highest BCUT2D eigenvalue weighted by atomic mass is 32.2. The van der Waals surface area contributed by atoms with Gasteiger partial charge in [0.05, 0.1) is 13.1 Å². The lowest BCUT2D eigenvalue weighted by Crippen LogP contribution is -2.23. The predicted molar refractivity (Wildman–Crippen MR) is 78.3 cm³/mol. The Bertz CT molecular complexity index is 700. The predicted octanol–water partition coefficient (Wildman–Crippen LogP) is 2.08. The molecule has 0 radical (unpaired) electrons. The Kier molecular flexibility index (Phi) is 4.87. The van der Waals surface area contributed by atoms with Crippen LogP contribution in [0.1, 0.15) is 30.0 Å². The van der Waals surface area contributed by atoms with E-state index < -0.39 is 10.0 Å². The van der Waals surface area contributed by atoms with Crippen molar-refractivity contribution < 1.29 is 17.3 Å². The van der Waals surface area contributed by atoms with Gasteiger partial charge in [0, 0.05) is 6.07 Å². The van der Waals surface area contributed by atoms with Gasteiger partial charge in [0.1, 0.15) is 27.9 Å². The molecule has 0 aromatic carbocycles. The third-order valence-corrected chi connectivity index (χ3v) is 4.50. The van der Waals surface area contributed by atoms with Crippen LogP contribution in [0.3, 0.4) is 0 Å². The van der Waals surface area contributed by atoms with Crippen molar-refractivity contribution >= 4 is 10.0 Å². The molecular formula is C14H20N2O4S. The minimum atomic E-state index is -3.62. The largest absolute Gasteiger partial charge is 0.465 e. The van der Waals surface area contributed by atoms with Crippen LogP contribution in [-0.4, -0.2) is 15.0 Å². The SMILES string of the molecule is CCNCc1cc(S(=O)(=O)NCc2ccc(C)o2)c(C)o1. The van der Waals surface area contributed by atoms with Crippen molar-refractivity contribution in [3.05, 3.63) is 41.2 Å². The van der Waals surface area contributed by atoms with E-state index in [0.29, 0.717) is 23.8 Å². The minimum Gasteiger partial charge on any atom is -0.465 e. The summed E-state index contributed by atoms with van der Waals surface area (Å²) in [7, 11) is -3.62. The number of furan rings is 2. The number of rotatable bonds is 7. The second-order valence-corrected chi connectivity index (χ2v) is 6.49. The van der Waals surface area contributed by atoms with Gasteiger partial charge in [0.25, 0.3) is 0 Å². The van der Waals surface area contributed by atoms with Crippen LogP contribution in [0.5, 0.6) is 0 Å². The molecule has 2 aromatic rings. The highest BCUT2D eigenvalue weighted by Crippen LogP contribution is 2.20. The van der Waals surface area contributed by atoms with E-state index in [1.54, 1.807) is 25.1 Å². The summed E-state index contributed by atoms with van der Waals surface area (Å²) in [5.41, 5.74) is 0. The molecule has 116 valence electrons. The maximum absolute atomic E-state index is 12.3. The average Bonchev–Trinajstić information content (AvgIpc) is 3.00. The van der Waals surface area contributed by atoms with Gasteiger partial charge in [-0.3, -0.25) is 0 Å². The van der Waals surface area contributed by atoms with Crippen molar-refractivity contribution in [3.8, 4) is 0 Å². The standard InChI is InChI=1S/C14H20N2O4S/c1-4-15-8-13-7-14(11(3)20-13)21(17,18)16-9-12-6-5-10(2)19-12/h5-7,15-16H,4,8-9H2,1-3H3. The lowest BCUT2D eigenvalue weighted by molar-refractivity contribution is 0.459. The summed E-state index contributed by atoms with van der Waals surface area (Å²) in [5.74, 6) is 2.30. The number of hydrogen-bond donors (Lipinski definition) is 2. The molecule has 7 heteroatoms. The van der Waals surface area contributed by atoms with Crippen molar-refractivity contribution in [2.75, 3.05) is 6.54 Å². The number of hydrogen-bond acceptors (Lipinski definition) is 5. The zero-order valence-corrected chi connectivity index (χ0v) is 13.2. The first-order valence-corrected chi connectivity index (χ1v) is 8.25. The molecule has 0 saturated heterocycles. The molecular weight excluding hydrogens is 292 g/mol. The van der Waals surface area contributed by atoms with E-state index in [9.17, 15) is 8.42 Å². The monoisotopic (exact) mass is 312 g/mol. The smallest absolute Gasteiger partial charge is 0.244 e. The molecule has 0 aliphatic rings. The molecule has 0 fully saturated rings. The highest BCUT2D eigenvalue weighted by Gasteiger charge is 2.21. The van der Waals surface area contributed by atoms with E-state index >= 15 is 0 Å². The molecule has 0 bridgehead atoms. The zero-order valence-electron chi connectivity index (χ0n) is 12.4. The van der Waals surface area contributed by atoms with Gasteiger partial charge in [-0.15, -0.1) is 0 Å². The van der Waals surface area contributed by atoms with Gasteiger partial charge in [-0.1, -0.05) is 6.92 Å². The number of aryl methyl sites for hydroxylation is 2. The van der Waals surface area contributed by atoms with E-state index in [4.69, 9.17) is 8.83 Å². The fraction of sp³-hybridized carbons (Fsp3) is 0.429. The van der Waals surface area contributed by atoms with Crippen LogP contribution in [0.4, 0.5) is 0 Å². The van der Waals surface area contributed by atoms with Gasteiger partial charge in [0.2, 0.25) is 10.0 Å². The Morgan fingerprint density at radius 1 is 1.10 bits per heavy atom. The molecule has 0 aliphatic carbocycles. The van der Waals surface area contributed by atoms with Gasteiger partial charge < -0.3 is 14.2 Å². The zero-order chi connectivity index (χ0) is 15.5. The van der Waals surface area contributed by atoms with Gasteiger partial charge in [-0.25, -0.2) is 13.1 Å². The third kappa shape index (κ3) is 3.96. The molecule has 2 N–H and O–H groups in total. The van der Waals surface area contributed by atoms with Crippen LogP contribution in [0.15, 0.2) is 31.9 Å². The number of nitrogens with one attached hydrogen (secondary N) is 2. The second-order valence-electron chi connectivity index (χ2n) is 4.75. The molecule has 0 atom stereocenters. The van der Waals surface area contributed by atoms with Crippen LogP contribution in [0, 0.1) is 13.8 Å². The molecule has 21 heavy (non-hydrogen) atoms. The van der Waals surface area contributed by atoms with Crippen LogP contribution in [0.25, 0.3) is 0 Å². The maximum atomic E-state index is 12.3. The van der Waals surface area contributed by atoms with E-state index in [1.807, 2.05) is 13.8 Å². The Hall–Kier alpha value is -1.57. The van der Waals surface area contributed by atoms with E-state index in [2.05, 4.69) is 10.0 Å². The second kappa shape index (κ2) is 6.46. The van der Waals surface area contributed by atoms with E-state index in [0.717, 1.165) is 12.3 Å². The van der Waals surface area contributed by atoms with Crippen molar-refractivity contribution in [1.82, 2.24) is 10.0 Å². The number of sulfonamides is 1. The Balaban J connectivity index is 2.09. The quantitative estimate of drug-likeness (QED) is 0.817. The lowest BCUT2D eigenvalue weighted by atomic mass is 10.4. The molecule has 2 aromatic heterocycles. The van der Waals surface area contributed by atoms with Crippen molar-refractivity contribution in [3.63, 3.8) is 0 Å². The van der Waals surface area contributed by atoms with Crippen LogP contribution >= 0.6 is 0 Å². The van der Waals surface area contributed by atoms with Gasteiger partial charge in [-0.05, 0) is 32.5 Å². The maximum Gasteiger partial charge on any atom is 0.244 e. The highest BCUT2D eigenvalue weighted by molar-refractivity contribution is 7.89. The van der Waals surface area contributed by atoms with Crippen molar-refractivity contribution in [2.24, 2.45) is 0 Å². The molecule has 6 nitrogen and oxygen atoms in total. The molecule has 2 rings (SSSR count). The summed E-state index contributed by atoms with van der Waals surface area (Å²) in [6.07, 6.45) is 0. The van der Waals surface area contributed by atoms with Gasteiger partial charge in [0.15, 0.2) is 0 Å². The molecule has 0 amide bonds. The van der Waals surface area contributed by atoms with Crippen molar-refractivity contribution in [1.29, 1.82) is 0 Å². The van der Waals surface area contributed by atoms with E-state index in [-0.39, 0.29) is 11.4 Å². The van der Waals surface area contributed by atoms with Gasteiger partial charge >= 0.3 is 0 Å². The summed E-state index contributed by atoms with van der Waals surface area (Å²) >= 11 is 0. The first-order valence-electron chi connectivity index (χ1n) is 6.77. The first kappa shape index (κ1) is 15.8. The summed E-state index contributed by atoms with van der Waals surface area (Å²) < 4.78 is 37.9. The molecule has 0 aliphatic heterocycles. The van der Waals surface area contributed by atoms with Crippen molar-refractivity contribution in [2.45, 2.75) is 38.8 Å². The normalized spacial score (nSPS) is 12.0. The summed E-state index contributed by atoms with van der Waals surface area (Å²) in [6, 6.07) is 5.09. The fourth-order valence-electron chi connectivity index (χ4n) is 1.95. The Labute approximate surface area is 124 Å². The van der Waals surface area contributed by atoms with E-state index in [1.165, 1.54) is 0 Å². The summed E-state index contributed by atoms with van der Waals surface area (Å²) in [4.78, 5) is 0.165. The summed E-state index contributed by atoms with van der Waals surface area (Å²) in [6.45, 7) is 6.83. The van der Waals surface area contributed by atoms with Crippen LogP contribution < -0.4 is 10.0 Å². The fourth-order valence-corrected chi connectivity index (χ4v) is 3.14.